The number of hydrogen-bond acceptors (Lipinski definition) is 9. The van der Waals surface area contributed by atoms with Crippen LogP contribution in [0.5, 0.6) is 5.75 Å². The van der Waals surface area contributed by atoms with E-state index in [1.54, 1.807) is 13.2 Å². The zero-order valence-corrected chi connectivity index (χ0v) is 25.1. The third kappa shape index (κ3) is 6.46. The molecule has 0 saturated carbocycles. The lowest BCUT2D eigenvalue weighted by Gasteiger charge is -2.29. The van der Waals surface area contributed by atoms with Crippen LogP contribution in [0.25, 0.3) is 11.9 Å². The Morgan fingerprint density at radius 1 is 1.26 bits per heavy atom. The molecular weight excluding hydrogens is 534 g/mol. The normalized spacial score (nSPS) is 15.0. The second-order valence-electron chi connectivity index (χ2n) is 10.2. The van der Waals surface area contributed by atoms with E-state index in [1.165, 1.54) is 19.4 Å². The van der Waals surface area contributed by atoms with Crippen molar-refractivity contribution in [3.8, 4) is 11.6 Å². The number of anilines is 4. The van der Waals surface area contributed by atoms with Gasteiger partial charge in [-0.1, -0.05) is 12.7 Å². The van der Waals surface area contributed by atoms with Gasteiger partial charge < -0.3 is 34.5 Å². The van der Waals surface area contributed by atoms with Crippen molar-refractivity contribution in [3.63, 3.8) is 0 Å². The van der Waals surface area contributed by atoms with E-state index in [2.05, 4.69) is 39.0 Å². The van der Waals surface area contributed by atoms with E-state index < -0.39 is 5.97 Å². The summed E-state index contributed by atoms with van der Waals surface area (Å²) in [5.41, 5.74) is 4.01. The summed E-state index contributed by atoms with van der Waals surface area (Å²) in [6.45, 7) is 9.36. The molecular formula is C31H39N7O4. The maximum Gasteiger partial charge on any atom is 0.343 e. The number of benzene rings is 1. The fourth-order valence-corrected chi connectivity index (χ4v) is 5.15. The van der Waals surface area contributed by atoms with E-state index in [0.717, 1.165) is 42.9 Å². The van der Waals surface area contributed by atoms with Crippen molar-refractivity contribution in [1.29, 1.82) is 0 Å². The Morgan fingerprint density at radius 3 is 2.69 bits per heavy atom. The number of esters is 1. The SMILES string of the molecule is C=CC(=O)Nc1cc(Nc2ncc(C(=O)OC)c(-n3ccc(C)c3/C=C\C)n2)c(OC)cc1N(C)C[C@H]1CCCN1C. The van der Waals surface area contributed by atoms with Gasteiger partial charge in [-0.2, -0.15) is 4.98 Å². The van der Waals surface area contributed by atoms with Gasteiger partial charge in [0.1, 0.15) is 11.3 Å². The van der Waals surface area contributed by atoms with Crippen LogP contribution in [-0.4, -0.2) is 78.8 Å². The van der Waals surface area contributed by atoms with Crippen molar-refractivity contribution in [3.05, 3.63) is 66.1 Å². The molecule has 11 nitrogen and oxygen atoms in total. The molecule has 4 rings (SSSR count). The van der Waals surface area contributed by atoms with Crippen molar-refractivity contribution in [1.82, 2.24) is 19.4 Å². The van der Waals surface area contributed by atoms with Crippen LogP contribution in [0.3, 0.4) is 0 Å². The summed E-state index contributed by atoms with van der Waals surface area (Å²) in [7, 11) is 7.03. The molecule has 1 aliphatic heterocycles. The first-order valence-electron chi connectivity index (χ1n) is 13.8. The van der Waals surface area contributed by atoms with Gasteiger partial charge in [0.15, 0.2) is 5.82 Å². The van der Waals surface area contributed by atoms with Crippen LogP contribution in [-0.2, 0) is 9.53 Å². The third-order valence-electron chi connectivity index (χ3n) is 7.44. The number of likely N-dealkylation sites (tertiary alicyclic amines) is 1. The summed E-state index contributed by atoms with van der Waals surface area (Å²) >= 11 is 0. The molecule has 0 spiro atoms. The van der Waals surface area contributed by atoms with E-state index in [0.29, 0.717) is 29.0 Å². The summed E-state index contributed by atoms with van der Waals surface area (Å²) in [4.78, 5) is 38.6. The number of allylic oxidation sites excluding steroid dienone is 1. The van der Waals surface area contributed by atoms with Crippen LogP contribution >= 0.6 is 0 Å². The number of aryl methyl sites for hydroxylation is 1. The van der Waals surface area contributed by atoms with E-state index in [9.17, 15) is 9.59 Å². The standard InChI is InChI=1S/C31H39N7O4/c1-8-11-25-20(3)13-15-38(25)29-22(30(40)42-7)18-32-31(35-29)34-24-16-23(33-28(39)9-2)26(17-27(24)41-6)37(5)19-21-12-10-14-36(21)4/h8-9,11,13,15-18,21H,2,10,12,14,19H2,1,3-7H3,(H,33,39)(H,32,34,35)/b11-8-/t21-/m1/s1. The average molecular weight is 574 g/mol. The Hall–Kier alpha value is -4.64. The summed E-state index contributed by atoms with van der Waals surface area (Å²) in [5.74, 6) is 0.225. The average Bonchev–Trinajstić information content (AvgIpc) is 3.56. The lowest BCUT2D eigenvalue weighted by atomic mass is 10.1. The summed E-state index contributed by atoms with van der Waals surface area (Å²) < 4.78 is 12.6. The minimum Gasteiger partial charge on any atom is -0.494 e. The smallest absolute Gasteiger partial charge is 0.343 e. The number of methoxy groups -OCH3 is 2. The predicted octanol–water partition coefficient (Wildman–Crippen LogP) is 4.80. The molecule has 3 heterocycles. The van der Waals surface area contributed by atoms with Crippen molar-refractivity contribution < 1.29 is 19.1 Å². The van der Waals surface area contributed by atoms with Crippen LogP contribution in [0.15, 0.2) is 49.3 Å². The molecule has 1 saturated heterocycles. The van der Waals surface area contributed by atoms with Gasteiger partial charge in [-0.25, -0.2) is 9.78 Å². The Balaban J connectivity index is 1.77. The molecule has 1 aliphatic rings. The molecule has 2 N–H and O–H groups in total. The topological polar surface area (TPSA) is 114 Å². The molecule has 1 aromatic carbocycles. The van der Waals surface area contributed by atoms with Crippen LogP contribution in [0.4, 0.5) is 23.0 Å². The van der Waals surface area contributed by atoms with Gasteiger partial charge in [-0.3, -0.25) is 4.79 Å². The van der Waals surface area contributed by atoms with Crippen molar-refractivity contribution in [2.75, 3.05) is 56.9 Å². The minimum absolute atomic E-state index is 0.212. The van der Waals surface area contributed by atoms with Crippen LogP contribution < -0.4 is 20.3 Å². The van der Waals surface area contributed by atoms with Gasteiger partial charge in [-0.15, -0.1) is 0 Å². The van der Waals surface area contributed by atoms with E-state index in [1.807, 2.05) is 55.9 Å². The molecule has 0 unspecified atom stereocenters. The number of rotatable bonds is 11. The molecule has 11 heteroatoms. The van der Waals surface area contributed by atoms with E-state index >= 15 is 0 Å². The van der Waals surface area contributed by atoms with Crippen LogP contribution in [0.1, 0.15) is 41.4 Å². The number of ether oxygens (including phenoxy) is 2. The quantitative estimate of drug-likeness (QED) is 0.247. The van der Waals surface area contributed by atoms with E-state index in [-0.39, 0.29) is 17.4 Å². The maximum absolute atomic E-state index is 12.6. The highest BCUT2D eigenvalue weighted by Crippen LogP contribution is 2.38. The number of nitrogens with one attached hydrogen (secondary N) is 2. The second kappa shape index (κ2) is 13.3. The monoisotopic (exact) mass is 573 g/mol. The number of aromatic nitrogens is 3. The Labute approximate surface area is 246 Å². The number of hydrogen-bond donors (Lipinski definition) is 2. The zero-order chi connectivity index (χ0) is 30.4. The molecule has 0 bridgehead atoms. The Kier molecular flexibility index (Phi) is 9.64. The number of likely N-dealkylation sites (N-methyl/N-ethyl adjacent to an activating group) is 2. The lowest BCUT2D eigenvalue weighted by molar-refractivity contribution is -0.111. The van der Waals surface area contributed by atoms with Gasteiger partial charge in [0, 0.05) is 43.8 Å². The largest absolute Gasteiger partial charge is 0.494 e. The lowest BCUT2D eigenvalue weighted by Crippen LogP contribution is -2.37. The number of amides is 1. The fraction of sp³-hybridized carbons (Fsp3) is 0.355. The van der Waals surface area contributed by atoms with Gasteiger partial charge in [0.05, 0.1) is 31.3 Å². The highest BCUT2D eigenvalue weighted by molar-refractivity contribution is 6.02. The van der Waals surface area contributed by atoms with Crippen molar-refractivity contribution in [2.24, 2.45) is 0 Å². The maximum atomic E-state index is 12.6. The van der Waals surface area contributed by atoms with Gasteiger partial charge in [0.2, 0.25) is 11.9 Å². The first-order chi connectivity index (χ1) is 20.2. The Morgan fingerprint density at radius 2 is 2.05 bits per heavy atom. The highest BCUT2D eigenvalue weighted by atomic mass is 16.5. The summed E-state index contributed by atoms with van der Waals surface area (Å²) in [6, 6.07) is 6.01. The molecule has 1 atom stereocenters. The summed E-state index contributed by atoms with van der Waals surface area (Å²) in [5, 5.41) is 6.15. The molecule has 42 heavy (non-hydrogen) atoms. The second-order valence-corrected chi connectivity index (χ2v) is 10.2. The van der Waals surface area contributed by atoms with E-state index in [4.69, 9.17) is 14.5 Å². The van der Waals surface area contributed by atoms with Crippen molar-refractivity contribution >= 4 is 41.0 Å². The highest BCUT2D eigenvalue weighted by Gasteiger charge is 2.25. The third-order valence-corrected chi connectivity index (χ3v) is 7.44. The molecule has 2 aromatic heterocycles. The molecule has 1 amide bonds. The van der Waals surface area contributed by atoms with Crippen molar-refractivity contribution in [2.45, 2.75) is 32.7 Å². The number of nitrogens with zero attached hydrogens (tertiary/aromatic N) is 5. The first-order valence-corrected chi connectivity index (χ1v) is 13.8. The Bertz CT molecular complexity index is 1500. The predicted molar refractivity (Wildman–Crippen MR) is 166 cm³/mol. The zero-order valence-electron chi connectivity index (χ0n) is 25.1. The molecule has 3 aromatic rings. The first kappa shape index (κ1) is 30.3. The minimum atomic E-state index is -0.554. The van der Waals surface area contributed by atoms with Gasteiger partial charge in [0.25, 0.3) is 0 Å². The van der Waals surface area contributed by atoms with Crippen LogP contribution in [0.2, 0.25) is 0 Å². The van der Waals surface area contributed by atoms with Gasteiger partial charge in [-0.05, 0) is 70.1 Å². The molecule has 1 fully saturated rings. The molecule has 222 valence electrons. The number of carbonyl (C=O) groups excluding carboxylic acids is 2. The fourth-order valence-electron chi connectivity index (χ4n) is 5.15. The number of carbonyl (C=O) groups is 2. The molecule has 0 radical (unpaired) electrons. The van der Waals surface area contributed by atoms with Gasteiger partial charge >= 0.3 is 5.97 Å². The van der Waals surface area contributed by atoms with Crippen LogP contribution in [0, 0.1) is 6.92 Å². The molecule has 0 aliphatic carbocycles. The summed E-state index contributed by atoms with van der Waals surface area (Å²) in [6.07, 6.45) is 10.7.